The minimum atomic E-state index is -0.166. The summed E-state index contributed by atoms with van der Waals surface area (Å²) in [5.41, 5.74) is 4.47. The summed E-state index contributed by atoms with van der Waals surface area (Å²) in [6, 6.07) is 11.2. The van der Waals surface area contributed by atoms with Crippen LogP contribution in [-0.4, -0.2) is 49.5 Å². The van der Waals surface area contributed by atoms with Crippen molar-refractivity contribution in [3.63, 3.8) is 0 Å². The van der Waals surface area contributed by atoms with E-state index in [-0.39, 0.29) is 11.9 Å². The maximum atomic E-state index is 12.8. The van der Waals surface area contributed by atoms with Crippen LogP contribution in [0.1, 0.15) is 27.0 Å². The van der Waals surface area contributed by atoms with Gasteiger partial charge in [-0.05, 0) is 54.3 Å². The first kappa shape index (κ1) is 18.8. The number of carbonyl (C=O) groups is 2. The molecule has 3 rings (SSSR count). The van der Waals surface area contributed by atoms with Crippen LogP contribution in [0, 0.1) is 6.92 Å². The number of hydrogen-bond donors (Lipinski definition) is 1. The fraction of sp³-hybridized carbons (Fsp3) is 0.333. The lowest BCUT2D eigenvalue weighted by atomic mass is 10.00. The smallest absolute Gasteiger partial charge is 0.322 e. The third-order valence-electron chi connectivity index (χ3n) is 4.85. The number of anilines is 1. The highest BCUT2D eigenvalue weighted by atomic mass is 16.5. The number of ether oxygens (including phenoxy) is 1. The van der Waals surface area contributed by atoms with Gasteiger partial charge in [0.2, 0.25) is 0 Å². The minimum Gasteiger partial charge on any atom is -0.497 e. The Morgan fingerprint density at radius 2 is 1.89 bits per heavy atom. The number of fused-ring (bicyclic) bond motifs is 1. The first-order valence-electron chi connectivity index (χ1n) is 8.93. The van der Waals surface area contributed by atoms with Crippen molar-refractivity contribution < 1.29 is 14.3 Å². The Morgan fingerprint density at radius 1 is 1.11 bits per heavy atom. The van der Waals surface area contributed by atoms with Gasteiger partial charge in [-0.15, -0.1) is 0 Å². The molecule has 1 aliphatic rings. The van der Waals surface area contributed by atoms with Crippen molar-refractivity contribution >= 4 is 17.6 Å². The second-order valence-electron chi connectivity index (χ2n) is 6.97. The molecule has 27 heavy (non-hydrogen) atoms. The van der Waals surface area contributed by atoms with Gasteiger partial charge in [0.15, 0.2) is 0 Å². The first-order chi connectivity index (χ1) is 12.9. The molecule has 0 radical (unpaired) electrons. The number of rotatable bonds is 3. The second-order valence-corrected chi connectivity index (χ2v) is 6.97. The molecule has 1 aliphatic heterocycles. The summed E-state index contributed by atoms with van der Waals surface area (Å²) < 4.78 is 5.29. The van der Waals surface area contributed by atoms with Gasteiger partial charge in [-0.1, -0.05) is 12.1 Å². The Balaban J connectivity index is 1.76. The van der Waals surface area contributed by atoms with Crippen molar-refractivity contribution in [1.29, 1.82) is 0 Å². The molecule has 0 unspecified atom stereocenters. The number of amides is 3. The molecule has 3 amide bonds. The lowest BCUT2D eigenvalue weighted by Crippen LogP contribution is -2.39. The molecule has 6 nitrogen and oxygen atoms in total. The van der Waals surface area contributed by atoms with E-state index in [4.69, 9.17) is 4.74 Å². The second kappa shape index (κ2) is 7.70. The van der Waals surface area contributed by atoms with Crippen LogP contribution >= 0.6 is 0 Å². The zero-order chi connectivity index (χ0) is 19.6. The Labute approximate surface area is 159 Å². The average molecular weight is 367 g/mol. The standard InChI is InChI=1S/C21H25N3O3/c1-14-5-6-16(20(25)23(2)3)12-19(14)22-21(26)24-10-9-15-7-8-18(27-4)11-17(15)13-24/h5-8,11-12H,9-10,13H2,1-4H3,(H,22,26). The molecular weight excluding hydrogens is 342 g/mol. The van der Waals surface area contributed by atoms with E-state index >= 15 is 0 Å². The quantitative estimate of drug-likeness (QED) is 0.905. The molecule has 0 aromatic heterocycles. The van der Waals surface area contributed by atoms with Crippen LogP contribution in [0.3, 0.4) is 0 Å². The van der Waals surface area contributed by atoms with E-state index in [1.807, 2.05) is 25.1 Å². The van der Waals surface area contributed by atoms with Gasteiger partial charge < -0.3 is 19.9 Å². The Morgan fingerprint density at radius 3 is 2.59 bits per heavy atom. The van der Waals surface area contributed by atoms with E-state index in [0.29, 0.717) is 24.3 Å². The predicted molar refractivity (Wildman–Crippen MR) is 105 cm³/mol. The monoisotopic (exact) mass is 367 g/mol. The van der Waals surface area contributed by atoms with E-state index < -0.39 is 0 Å². The van der Waals surface area contributed by atoms with E-state index in [1.54, 1.807) is 38.2 Å². The van der Waals surface area contributed by atoms with Gasteiger partial charge in [0.1, 0.15) is 5.75 Å². The lowest BCUT2D eigenvalue weighted by Gasteiger charge is -2.29. The molecule has 0 saturated heterocycles. The van der Waals surface area contributed by atoms with Crippen LogP contribution < -0.4 is 10.1 Å². The minimum absolute atomic E-state index is 0.0931. The van der Waals surface area contributed by atoms with Gasteiger partial charge in [0, 0.05) is 38.4 Å². The van der Waals surface area contributed by atoms with Crippen molar-refractivity contribution in [1.82, 2.24) is 9.80 Å². The number of nitrogens with one attached hydrogen (secondary N) is 1. The maximum absolute atomic E-state index is 12.8. The number of hydrogen-bond acceptors (Lipinski definition) is 3. The number of benzene rings is 2. The van der Waals surface area contributed by atoms with Gasteiger partial charge >= 0.3 is 6.03 Å². The lowest BCUT2D eigenvalue weighted by molar-refractivity contribution is 0.0827. The third-order valence-corrected chi connectivity index (χ3v) is 4.85. The molecule has 0 fully saturated rings. The number of carbonyl (C=O) groups excluding carboxylic acids is 2. The van der Waals surface area contributed by atoms with Gasteiger partial charge in [-0.25, -0.2) is 4.79 Å². The highest BCUT2D eigenvalue weighted by Crippen LogP contribution is 2.25. The molecule has 1 heterocycles. The van der Waals surface area contributed by atoms with Crippen molar-refractivity contribution in [2.45, 2.75) is 19.9 Å². The summed E-state index contributed by atoms with van der Waals surface area (Å²) in [5.74, 6) is 0.700. The van der Waals surface area contributed by atoms with E-state index in [9.17, 15) is 9.59 Å². The largest absolute Gasteiger partial charge is 0.497 e. The predicted octanol–water partition coefficient (Wildman–Crippen LogP) is 3.30. The number of methoxy groups -OCH3 is 1. The molecule has 0 aliphatic carbocycles. The van der Waals surface area contributed by atoms with Crippen molar-refractivity contribution in [3.8, 4) is 5.75 Å². The molecule has 142 valence electrons. The third kappa shape index (κ3) is 4.05. The van der Waals surface area contributed by atoms with Crippen LogP contribution in [-0.2, 0) is 13.0 Å². The summed E-state index contributed by atoms with van der Waals surface area (Å²) in [7, 11) is 5.06. The highest BCUT2D eigenvalue weighted by Gasteiger charge is 2.22. The van der Waals surface area contributed by atoms with E-state index in [1.165, 1.54) is 10.5 Å². The molecule has 2 aromatic rings. The van der Waals surface area contributed by atoms with Crippen LogP contribution in [0.25, 0.3) is 0 Å². The van der Waals surface area contributed by atoms with Crippen molar-refractivity contribution in [2.75, 3.05) is 33.1 Å². The molecule has 0 bridgehead atoms. The van der Waals surface area contributed by atoms with Crippen LogP contribution in [0.2, 0.25) is 0 Å². The normalized spacial score (nSPS) is 13.0. The van der Waals surface area contributed by atoms with Crippen molar-refractivity contribution in [2.24, 2.45) is 0 Å². The van der Waals surface area contributed by atoms with E-state index in [0.717, 1.165) is 23.3 Å². The average Bonchev–Trinajstić information content (AvgIpc) is 2.67. The van der Waals surface area contributed by atoms with Crippen LogP contribution in [0.15, 0.2) is 36.4 Å². The zero-order valence-corrected chi connectivity index (χ0v) is 16.2. The molecule has 0 atom stereocenters. The van der Waals surface area contributed by atoms with Gasteiger partial charge in [-0.2, -0.15) is 0 Å². The Bertz CT molecular complexity index is 877. The van der Waals surface area contributed by atoms with Crippen molar-refractivity contribution in [3.05, 3.63) is 58.7 Å². The summed E-state index contributed by atoms with van der Waals surface area (Å²) in [6.45, 7) is 3.10. The number of aryl methyl sites for hydroxylation is 1. The topological polar surface area (TPSA) is 61.9 Å². The molecule has 0 spiro atoms. The Hall–Kier alpha value is -3.02. The Kier molecular flexibility index (Phi) is 5.35. The first-order valence-corrected chi connectivity index (χ1v) is 8.93. The zero-order valence-electron chi connectivity index (χ0n) is 16.2. The summed E-state index contributed by atoms with van der Waals surface area (Å²) in [4.78, 5) is 28.3. The summed E-state index contributed by atoms with van der Waals surface area (Å²) in [6.07, 6.45) is 0.810. The highest BCUT2D eigenvalue weighted by molar-refractivity contribution is 5.97. The summed E-state index contributed by atoms with van der Waals surface area (Å²) >= 11 is 0. The van der Waals surface area contributed by atoms with Crippen LogP contribution in [0.5, 0.6) is 5.75 Å². The fourth-order valence-corrected chi connectivity index (χ4v) is 3.18. The number of urea groups is 1. The molecule has 6 heteroatoms. The molecule has 1 N–H and O–H groups in total. The molecule has 0 saturated carbocycles. The van der Waals surface area contributed by atoms with Gasteiger partial charge in [-0.3, -0.25) is 4.79 Å². The van der Waals surface area contributed by atoms with E-state index in [2.05, 4.69) is 11.4 Å². The van der Waals surface area contributed by atoms with Gasteiger partial charge in [0.25, 0.3) is 5.91 Å². The molecular formula is C21H25N3O3. The summed E-state index contributed by atoms with van der Waals surface area (Å²) in [5, 5.41) is 2.96. The van der Waals surface area contributed by atoms with Crippen LogP contribution in [0.4, 0.5) is 10.5 Å². The number of nitrogens with zero attached hydrogens (tertiary/aromatic N) is 2. The SMILES string of the molecule is COc1ccc2c(c1)CN(C(=O)Nc1cc(C(=O)N(C)C)ccc1C)CC2. The fourth-order valence-electron chi connectivity index (χ4n) is 3.18. The maximum Gasteiger partial charge on any atom is 0.322 e. The van der Waals surface area contributed by atoms with Gasteiger partial charge in [0.05, 0.1) is 7.11 Å². The molecule has 2 aromatic carbocycles.